The molecule has 1 heterocycles. The third-order valence-corrected chi connectivity index (χ3v) is 5.27. The van der Waals surface area contributed by atoms with Crippen molar-refractivity contribution in [3.8, 4) is 5.75 Å². The fourth-order valence-corrected chi connectivity index (χ4v) is 3.37. The highest BCUT2D eigenvalue weighted by molar-refractivity contribution is 5.81. The van der Waals surface area contributed by atoms with Gasteiger partial charge in [0.2, 0.25) is 0 Å². The molecule has 1 atom stereocenters. The largest absolute Gasteiger partial charge is 0.481 e. The van der Waals surface area contributed by atoms with E-state index in [4.69, 9.17) is 9.47 Å². The van der Waals surface area contributed by atoms with Crippen molar-refractivity contribution in [2.75, 3.05) is 26.3 Å². The number of hydrogen-bond acceptors (Lipinski definition) is 4. The first-order chi connectivity index (χ1) is 14.2. The summed E-state index contributed by atoms with van der Waals surface area (Å²) < 4.78 is 11.3. The summed E-state index contributed by atoms with van der Waals surface area (Å²) in [6.45, 7) is 9.12. The van der Waals surface area contributed by atoms with Crippen LogP contribution in [0.3, 0.4) is 0 Å². The molecule has 0 radical (unpaired) electrons. The van der Waals surface area contributed by atoms with Crippen LogP contribution in [-0.2, 0) is 29.0 Å². The van der Waals surface area contributed by atoms with Gasteiger partial charge >= 0.3 is 0 Å². The molecule has 1 aliphatic heterocycles. The molecule has 0 aromatic heterocycles. The van der Waals surface area contributed by atoms with E-state index in [-0.39, 0.29) is 5.91 Å². The molecular formula is C24H32N2O3. The molecule has 1 unspecified atom stereocenters. The molecule has 5 nitrogen and oxygen atoms in total. The van der Waals surface area contributed by atoms with E-state index in [1.54, 1.807) is 0 Å². The molecule has 5 heteroatoms. The number of nitrogens with zero attached hydrogens (tertiary/aromatic N) is 1. The van der Waals surface area contributed by atoms with Gasteiger partial charge in [0.1, 0.15) is 5.75 Å². The van der Waals surface area contributed by atoms with Gasteiger partial charge in [0, 0.05) is 26.2 Å². The fraction of sp³-hybridized carbons (Fsp3) is 0.458. The van der Waals surface area contributed by atoms with Crippen molar-refractivity contribution in [2.24, 2.45) is 0 Å². The second-order valence-electron chi connectivity index (χ2n) is 7.44. The third kappa shape index (κ3) is 6.58. The van der Waals surface area contributed by atoms with Gasteiger partial charge in [0.15, 0.2) is 6.10 Å². The number of amides is 1. The van der Waals surface area contributed by atoms with Gasteiger partial charge in [0.05, 0.1) is 13.2 Å². The lowest BCUT2D eigenvalue weighted by atomic mass is 10.1. The van der Waals surface area contributed by atoms with Crippen molar-refractivity contribution >= 4 is 5.91 Å². The molecule has 3 rings (SSSR count). The Bertz CT molecular complexity index is 753. The normalized spacial score (nSPS) is 15.7. The van der Waals surface area contributed by atoms with Crippen molar-refractivity contribution < 1.29 is 14.3 Å². The SMILES string of the molecule is CCc1ccc(OC(CC)C(=O)NCc2ccc(CN3CCOCC3)cc2)cc1. The highest BCUT2D eigenvalue weighted by Crippen LogP contribution is 2.16. The monoisotopic (exact) mass is 396 g/mol. The van der Waals surface area contributed by atoms with Crippen LogP contribution in [0.25, 0.3) is 0 Å². The molecule has 29 heavy (non-hydrogen) atoms. The van der Waals surface area contributed by atoms with Gasteiger partial charge in [-0.2, -0.15) is 0 Å². The zero-order chi connectivity index (χ0) is 20.5. The minimum atomic E-state index is -0.483. The van der Waals surface area contributed by atoms with Crippen LogP contribution in [0.15, 0.2) is 48.5 Å². The zero-order valence-corrected chi connectivity index (χ0v) is 17.5. The molecular weight excluding hydrogens is 364 g/mol. The fourth-order valence-electron chi connectivity index (χ4n) is 3.37. The highest BCUT2D eigenvalue weighted by Gasteiger charge is 2.18. The summed E-state index contributed by atoms with van der Waals surface area (Å²) in [4.78, 5) is 14.9. The van der Waals surface area contributed by atoms with Crippen molar-refractivity contribution in [1.82, 2.24) is 10.2 Å². The summed E-state index contributed by atoms with van der Waals surface area (Å²) in [6.07, 6.45) is 1.13. The van der Waals surface area contributed by atoms with E-state index in [1.807, 2.05) is 31.2 Å². The van der Waals surface area contributed by atoms with Crippen LogP contribution in [-0.4, -0.2) is 43.2 Å². The number of rotatable bonds is 9. The molecule has 2 aromatic carbocycles. The quantitative estimate of drug-likeness (QED) is 0.704. The van der Waals surface area contributed by atoms with E-state index in [0.717, 1.165) is 50.6 Å². The smallest absolute Gasteiger partial charge is 0.261 e. The summed E-state index contributed by atoms with van der Waals surface area (Å²) in [7, 11) is 0. The van der Waals surface area contributed by atoms with E-state index < -0.39 is 6.10 Å². The lowest BCUT2D eigenvalue weighted by Crippen LogP contribution is -2.37. The van der Waals surface area contributed by atoms with Crippen molar-refractivity contribution in [3.05, 3.63) is 65.2 Å². The number of carbonyl (C=O) groups is 1. The van der Waals surface area contributed by atoms with E-state index >= 15 is 0 Å². The second-order valence-corrected chi connectivity index (χ2v) is 7.44. The Morgan fingerprint density at radius 1 is 1.00 bits per heavy atom. The number of nitrogens with one attached hydrogen (secondary N) is 1. The van der Waals surface area contributed by atoms with E-state index in [0.29, 0.717) is 13.0 Å². The second kappa shape index (κ2) is 11.0. The summed E-state index contributed by atoms with van der Waals surface area (Å²) >= 11 is 0. The van der Waals surface area contributed by atoms with Crippen LogP contribution in [0.5, 0.6) is 5.75 Å². The Hall–Kier alpha value is -2.37. The number of aryl methyl sites for hydroxylation is 1. The van der Waals surface area contributed by atoms with E-state index in [9.17, 15) is 4.79 Å². The Balaban J connectivity index is 1.47. The van der Waals surface area contributed by atoms with Crippen LogP contribution >= 0.6 is 0 Å². The van der Waals surface area contributed by atoms with Gasteiger partial charge in [-0.1, -0.05) is 50.2 Å². The molecule has 0 aliphatic carbocycles. The van der Waals surface area contributed by atoms with Crippen LogP contribution in [0.2, 0.25) is 0 Å². The summed E-state index contributed by atoms with van der Waals surface area (Å²) in [5, 5.41) is 3.00. The molecule has 0 bridgehead atoms. The van der Waals surface area contributed by atoms with E-state index in [1.165, 1.54) is 11.1 Å². The minimum Gasteiger partial charge on any atom is -0.481 e. The maximum absolute atomic E-state index is 12.6. The molecule has 1 aliphatic rings. The highest BCUT2D eigenvalue weighted by atomic mass is 16.5. The molecule has 2 aromatic rings. The maximum Gasteiger partial charge on any atom is 0.261 e. The predicted octanol–water partition coefficient (Wildman–Crippen LogP) is 3.56. The van der Waals surface area contributed by atoms with Crippen LogP contribution < -0.4 is 10.1 Å². The first kappa shape index (κ1) is 21.3. The first-order valence-corrected chi connectivity index (χ1v) is 10.6. The predicted molar refractivity (Wildman–Crippen MR) is 115 cm³/mol. The topological polar surface area (TPSA) is 50.8 Å². The van der Waals surface area contributed by atoms with Crippen molar-refractivity contribution in [2.45, 2.75) is 45.9 Å². The average Bonchev–Trinajstić information content (AvgIpc) is 2.78. The standard InChI is InChI=1S/C24H32N2O3/c1-3-19-9-11-22(12-10-19)29-23(4-2)24(27)25-17-20-5-7-21(8-6-20)18-26-13-15-28-16-14-26/h5-12,23H,3-4,13-18H2,1-2H3,(H,25,27). The number of morpholine rings is 1. The number of carbonyl (C=O) groups excluding carboxylic acids is 1. The third-order valence-electron chi connectivity index (χ3n) is 5.27. The molecule has 1 saturated heterocycles. The van der Waals surface area contributed by atoms with Crippen molar-refractivity contribution in [1.29, 1.82) is 0 Å². The Labute approximate surface area is 174 Å². The Morgan fingerprint density at radius 3 is 2.24 bits per heavy atom. The van der Waals surface area contributed by atoms with E-state index in [2.05, 4.69) is 41.4 Å². The zero-order valence-electron chi connectivity index (χ0n) is 17.5. The number of hydrogen-bond donors (Lipinski definition) is 1. The maximum atomic E-state index is 12.6. The van der Waals surface area contributed by atoms with Crippen molar-refractivity contribution in [3.63, 3.8) is 0 Å². The lowest BCUT2D eigenvalue weighted by Gasteiger charge is -2.26. The molecule has 0 spiro atoms. The Morgan fingerprint density at radius 2 is 1.62 bits per heavy atom. The van der Waals surface area contributed by atoms with Gasteiger partial charge in [-0.25, -0.2) is 0 Å². The van der Waals surface area contributed by atoms with Crippen LogP contribution in [0.1, 0.15) is 37.0 Å². The minimum absolute atomic E-state index is 0.0792. The molecule has 1 amide bonds. The Kier molecular flexibility index (Phi) is 8.08. The van der Waals surface area contributed by atoms with Gasteiger partial charge in [-0.15, -0.1) is 0 Å². The van der Waals surface area contributed by atoms with Gasteiger partial charge in [-0.3, -0.25) is 9.69 Å². The summed E-state index contributed by atoms with van der Waals surface area (Å²) in [5.74, 6) is 0.654. The average molecular weight is 397 g/mol. The number of benzene rings is 2. The summed E-state index contributed by atoms with van der Waals surface area (Å²) in [5.41, 5.74) is 3.63. The molecule has 1 fully saturated rings. The summed E-state index contributed by atoms with van der Waals surface area (Å²) in [6, 6.07) is 16.4. The van der Waals surface area contributed by atoms with Crippen LogP contribution in [0.4, 0.5) is 0 Å². The van der Waals surface area contributed by atoms with Gasteiger partial charge < -0.3 is 14.8 Å². The van der Waals surface area contributed by atoms with Gasteiger partial charge in [0.25, 0.3) is 5.91 Å². The lowest BCUT2D eigenvalue weighted by molar-refractivity contribution is -0.128. The molecule has 156 valence electrons. The molecule has 0 saturated carbocycles. The molecule has 1 N–H and O–H groups in total. The first-order valence-electron chi connectivity index (χ1n) is 10.6. The van der Waals surface area contributed by atoms with Crippen LogP contribution in [0, 0.1) is 0 Å². The van der Waals surface area contributed by atoms with Gasteiger partial charge in [-0.05, 0) is 41.7 Å². The number of ether oxygens (including phenoxy) is 2.